The monoisotopic (exact) mass is 356 g/mol. The van der Waals surface area contributed by atoms with Crippen LogP contribution in [0.3, 0.4) is 0 Å². The van der Waals surface area contributed by atoms with Crippen LogP contribution in [0.2, 0.25) is 0 Å². The normalized spacial score (nSPS) is 16.9. The number of ether oxygens (including phenoxy) is 1. The van der Waals surface area contributed by atoms with E-state index < -0.39 is 0 Å². The van der Waals surface area contributed by atoms with Gasteiger partial charge < -0.3 is 14.6 Å². The summed E-state index contributed by atoms with van der Waals surface area (Å²) in [5, 5.41) is 4.92. The molecule has 1 saturated heterocycles. The topological polar surface area (TPSA) is 26.2 Å². The third kappa shape index (κ3) is 4.24. The minimum absolute atomic E-state index is 0. The first kappa shape index (κ1) is 18.0. The van der Waals surface area contributed by atoms with Crippen LogP contribution in [0, 0.1) is 0 Å². The van der Waals surface area contributed by atoms with Gasteiger partial charge in [-0.05, 0) is 30.0 Å². The fourth-order valence-electron chi connectivity index (χ4n) is 3.55. The van der Waals surface area contributed by atoms with E-state index in [1.807, 2.05) is 0 Å². The molecule has 0 aliphatic carbocycles. The molecule has 2 aromatic carbocycles. The second-order valence-electron chi connectivity index (χ2n) is 6.55. The molecule has 0 radical (unpaired) electrons. The van der Waals surface area contributed by atoms with Crippen molar-refractivity contribution >= 4 is 23.3 Å². The molecule has 3 nitrogen and oxygen atoms in total. The Balaban J connectivity index is 0.00000182. The minimum atomic E-state index is 0. The Labute approximate surface area is 155 Å². The molecule has 1 N–H and O–H groups in total. The van der Waals surface area contributed by atoms with Crippen LogP contribution in [0.25, 0.3) is 10.9 Å². The highest BCUT2D eigenvalue weighted by atomic mass is 35.5. The van der Waals surface area contributed by atoms with E-state index in [9.17, 15) is 0 Å². The lowest BCUT2D eigenvalue weighted by Crippen LogP contribution is -2.25. The maximum atomic E-state index is 5.69. The van der Waals surface area contributed by atoms with Crippen molar-refractivity contribution in [1.82, 2.24) is 9.88 Å². The van der Waals surface area contributed by atoms with E-state index in [0.717, 1.165) is 26.2 Å². The molecule has 0 amide bonds. The molecule has 1 unspecified atom stereocenters. The number of para-hydroxylation sites is 1. The van der Waals surface area contributed by atoms with Crippen LogP contribution in [0.15, 0.2) is 60.8 Å². The number of hydrogen-bond acceptors (Lipinski definition) is 2. The van der Waals surface area contributed by atoms with E-state index in [1.165, 1.54) is 34.9 Å². The summed E-state index contributed by atoms with van der Waals surface area (Å²) >= 11 is 0. The number of fused-ring (bicyclic) bond motifs is 1. The van der Waals surface area contributed by atoms with Crippen LogP contribution >= 0.6 is 12.4 Å². The smallest absolute Gasteiger partial charge is 0.0700 e. The summed E-state index contributed by atoms with van der Waals surface area (Å²) in [4.78, 5) is 0. The van der Waals surface area contributed by atoms with E-state index in [1.54, 1.807) is 0 Å². The van der Waals surface area contributed by atoms with E-state index in [0.29, 0.717) is 6.10 Å². The quantitative estimate of drug-likeness (QED) is 0.709. The van der Waals surface area contributed by atoms with Gasteiger partial charge in [0.05, 0.1) is 6.10 Å². The number of halogens is 1. The second-order valence-corrected chi connectivity index (χ2v) is 6.55. The first-order valence-corrected chi connectivity index (χ1v) is 8.83. The number of benzene rings is 2. The van der Waals surface area contributed by atoms with E-state index in [-0.39, 0.29) is 12.4 Å². The molecule has 1 fully saturated rings. The maximum absolute atomic E-state index is 5.69. The third-order valence-electron chi connectivity index (χ3n) is 4.78. The Morgan fingerprint density at radius 3 is 2.64 bits per heavy atom. The Kier molecular flexibility index (Phi) is 6.14. The Morgan fingerprint density at radius 1 is 1.04 bits per heavy atom. The second kappa shape index (κ2) is 8.52. The maximum Gasteiger partial charge on any atom is 0.0700 e. The van der Waals surface area contributed by atoms with Crippen LogP contribution < -0.4 is 5.32 Å². The fourth-order valence-corrected chi connectivity index (χ4v) is 3.55. The van der Waals surface area contributed by atoms with Crippen LogP contribution in [-0.4, -0.2) is 23.8 Å². The summed E-state index contributed by atoms with van der Waals surface area (Å²) in [6, 6.07) is 19.3. The summed E-state index contributed by atoms with van der Waals surface area (Å²) in [6.07, 6.45) is 5.06. The zero-order valence-corrected chi connectivity index (χ0v) is 15.2. The van der Waals surface area contributed by atoms with E-state index in [4.69, 9.17) is 4.74 Å². The highest BCUT2D eigenvalue weighted by Gasteiger charge is 2.15. The van der Waals surface area contributed by atoms with Gasteiger partial charge in [0.1, 0.15) is 0 Å². The first-order chi connectivity index (χ1) is 11.9. The molecule has 2 heterocycles. The van der Waals surface area contributed by atoms with Crippen molar-refractivity contribution in [2.75, 3.05) is 13.2 Å². The third-order valence-corrected chi connectivity index (χ3v) is 4.78. The molecule has 1 aromatic heterocycles. The Bertz CT molecular complexity index is 794. The van der Waals surface area contributed by atoms with Gasteiger partial charge in [0.2, 0.25) is 0 Å². The molecular weight excluding hydrogens is 332 g/mol. The average molecular weight is 357 g/mol. The van der Waals surface area contributed by atoms with Crippen molar-refractivity contribution in [3.63, 3.8) is 0 Å². The molecule has 0 saturated carbocycles. The number of nitrogens with one attached hydrogen (secondary N) is 1. The van der Waals surface area contributed by atoms with E-state index >= 15 is 0 Å². The van der Waals surface area contributed by atoms with Crippen LogP contribution in [0.5, 0.6) is 0 Å². The van der Waals surface area contributed by atoms with Gasteiger partial charge in [-0.2, -0.15) is 0 Å². The van der Waals surface area contributed by atoms with Crippen LogP contribution in [-0.2, 0) is 17.8 Å². The molecule has 1 aliphatic heterocycles. The molecule has 0 spiro atoms. The van der Waals surface area contributed by atoms with Crippen molar-refractivity contribution in [3.8, 4) is 0 Å². The van der Waals surface area contributed by atoms with Crippen molar-refractivity contribution in [1.29, 1.82) is 0 Å². The summed E-state index contributed by atoms with van der Waals surface area (Å²) in [7, 11) is 0. The summed E-state index contributed by atoms with van der Waals surface area (Å²) < 4.78 is 8.05. The van der Waals surface area contributed by atoms with Crippen LogP contribution in [0.4, 0.5) is 0 Å². The zero-order chi connectivity index (χ0) is 16.2. The first-order valence-electron chi connectivity index (χ1n) is 8.83. The highest BCUT2D eigenvalue weighted by Crippen LogP contribution is 2.22. The summed E-state index contributed by atoms with van der Waals surface area (Å²) in [5.74, 6) is 0. The lowest BCUT2D eigenvalue weighted by molar-refractivity contribution is 0.110. The zero-order valence-electron chi connectivity index (χ0n) is 14.4. The van der Waals surface area contributed by atoms with Gasteiger partial charge in [0, 0.05) is 43.3 Å². The molecule has 0 bridgehead atoms. The van der Waals surface area contributed by atoms with Gasteiger partial charge in [0.25, 0.3) is 0 Å². The Morgan fingerprint density at radius 2 is 1.84 bits per heavy atom. The molecule has 4 heteroatoms. The highest BCUT2D eigenvalue weighted by molar-refractivity contribution is 5.85. The number of aromatic nitrogens is 1. The lowest BCUT2D eigenvalue weighted by Gasteiger charge is -2.10. The van der Waals surface area contributed by atoms with Crippen molar-refractivity contribution in [3.05, 3.63) is 71.9 Å². The molecule has 1 aliphatic rings. The molecule has 1 atom stereocenters. The standard InChI is InChI=1S/C21H24N2O.ClH/c1-2-7-17(8-3-1)15-23-16-18(20-10-4-5-11-21(20)23)13-22-14-19-9-6-12-24-19;/h1-5,7-8,10-11,16,19,22H,6,9,12-15H2;1H. The van der Waals surface area contributed by atoms with Gasteiger partial charge in [-0.3, -0.25) is 0 Å². The molecule has 132 valence electrons. The van der Waals surface area contributed by atoms with Crippen molar-refractivity contribution < 1.29 is 4.74 Å². The number of rotatable bonds is 6. The predicted molar refractivity (Wildman–Crippen MR) is 105 cm³/mol. The van der Waals surface area contributed by atoms with E-state index in [2.05, 4.69) is 70.7 Å². The summed E-state index contributed by atoms with van der Waals surface area (Å²) in [5.41, 5.74) is 3.99. The molecule has 25 heavy (non-hydrogen) atoms. The predicted octanol–water partition coefficient (Wildman–Crippen LogP) is 4.38. The van der Waals surface area contributed by atoms with Gasteiger partial charge in [-0.15, -0.1) is 12.4 Å². The average Bonchev–Trinajstić information content (AvgIpc) is 3.25. The molecule has 3 aromatic rings. The van der Waals surface area contributed by atoms with Crippen molar-refractivity contribution in [2.24, 2.45) is 0 Å². The fraction of sp³-hybridized carbons (Fsp3) is 0.333. The Hall–Kier alpha value is -1.81. The van der Waals surface area contributed by atoms with Crippen LogP contribution in [0.1, 0.15) is 24.0 Å². The lowest BCUT2D eigenvalue weighted by atomic mass is 10.1. The number of hydrogen-bond donors (Lipinski definition) is 1. The SMILES string of the molecule is Cl.c1ccc(Cn2cc(CNCC3CCCO3)c3ccccc32)cc1. The molecular formula is C21H25ClN2O. The van der Waals surface area contributed by atoms with Gasteiger partial charge >= 0.3 is 0 Å². The summed E-state index contributed by atoms with van der Waals surface area (Å²) in [6.45, 7) is 3.66. The van der Waals surface area contributed by atoms with Gasteiger partial charge in [-0.1, -0.05) is 48.5 Å². The largest absolute Gasteiger partial charge is 0.377 e. The minimum Gasteiger partial charge on any atom is -0.377 e. The van der Waals surface area contributed by atoms with Crippen molar-refractivity contribution in [2.45, 2.75) is 32.0 Å². The van der Waals surface area contributed by atoms with Gasteiger partial charge in [0.15, 0.2) is 0 Å². The van der Waals surface area contributed by atoms with Gasteiger partial charge in [-0.25, -0.2) is 0 Å². The molecule has 4 rings (SSSR count). The number of nitrogens with zero attached hydrogens (tertiary/aromatic N) is 1.